The molecule has 146 valence electrons. The zero-order chi connectivity index (χ0) is 18.9. The first-order valence-electron chi connectivity index (χ1n) is 8.62. The summed E-state index contributed by atoms with van der Waals surface area (Å²) in [5.74, 6) is 0.260. The van der Waals surface area contributed by atoms with Gasteiger partial charge in [0.2, 0.25) is 5.91 Å². The first kappa shape index (κ1) is 22.5. The molecule has 2 rings (SSSR count). The van der Waals surface area contributed by atoms with Gasteiger partial charge in [-0.2, -0.15) is 0 Å². The number of halogens is 1. The van der Waals surface area contributed by atoms with E-state index in [4.69, 9.17) is 10.5 Å². The number of ether oxygens (including phenoxy) is 1. The minimum atomic E-state index is -0.265. The van der Waals surface area contributed by atoms with Crippen LogP contribution in [-0.4, -0.2) is 31.0 Å². The highest BCUT2D eigenvalue weighted by molar-refractivity contribution is 6.04. The van der Waals surface area contributed by atoms with Gasteiger partial charge in [-0.25, -0.2) is 0 Å². The predicted molar refractivity (Wildman–Crippen MR) is 110 cm³/mol. The van der Waals surface area contributed by atoms with Gasteiger partial charge in [0.1, 0.15) is 5.75 Å². The Morgan fingerprint density at radius 1 is 1.11 bits per heavy atom. The van der Waals surface area contributed by atoms with E-state index in [1.807, 2.05) is 38.1 Å². The Morgan fingerprint density at radius 2 is 1.85 bits per heavy atom. The predicted octanol–water partition coefficient (Wildman–Crippen LogP) is 2.77. The molecule has 2 aromatic carbocycles. The topological polar surface area (TPSA) is 93.4 Å². The number of rotatable bonds is 8. The largest absolute Gasteiger partial charge is 0.491 e. The normalized spacial score (nSPS) is 10.1. The summed E-state index contributed by atoms with van der Waals surface area (Å²) in [5.41, 5.74) is 7.13. The van der Waals surface area contributed by atoms with Crippen LogP contribution in [0.25, 0.3) is 0 Å². The molecule has 6 nitrogen and oxygen atoms in total. The summed E-state index contributed by atoms with van der Waals surface area (Å²) in [6.07, 6.45) is 0.256. The summed E-state index contributed by atoms with van der Waals surface area (Å²) in [6, 6.07) is 14.3. The molecular weight excluding hydrogens is 366 g/mol. The number of carbonyl (C=O) groups is 2. The maximum Gasteiger partial charge on any atom is 0.253 e. The van der Waals surface area contributed by atoms with Crippen LogP contribution in [0.4, 0.5) is 5.69 Å². The summed E-state index contributed by atoms with van der Waals surface area (Å²) < 4.78 is 5.65. The highest BCUT2D eigenvalue weighted by Crippen LogP contribution is 2.18. The Kier molecular flexibility index (Phi) is 9.33. The van der Waals surface area contributed by atoms with Crippen molar-refractivity contribution in [2.24, 2.45) is 5.73 Å². The monoisotopic (exact) mass is 391 g/mol. The van der Waals surface area contributed by atoms with Gasteiger partial charge in [0.15, 0.2) is 0 Å². The number of amides is 2. The summed E-state index contributed by atoms with van der Waals surface area (Å²) in [6.45, 7) is 4.64. The van der Waals surface area contributed by atoms with Crippen LogP contribution in [0.2, 0.25) is 0 Å². The third-order valence-electron chi connectivity index (χ3n) is 3.51. The van der Waals surface area contributed by atoms with Crippen LogP contribution in [0.15, 0.2) is 48.5 Å². The van der Waals surface area contributed by atoms with Crippen LogP contribution in [0.1, 0.15) is 29.8 Å². The second-order valence-electron chi connectivity index (χ2n) is 6.13. The molecule has 0 bridgehead atoms. The van der Waals surface area contributed by atoms with Gasteiger partial charge in [0, 0.05) is 13.1 Å². The number of anilines is 1. The van der Waals surface area contributed by atoms with Crippen molar-refractivity contribution in [2.45, 2.75) is 26.4 Å². The van der Waals surface area contributed by atoms with Crippen LogP contribution in [0.5, 0.6) is 5.75 Å². The molecule has 2 aromatic rings. The lowest BCUT2D eigenvalue weighted by Crippen LogP contribution is -2.30. The van der Waals surface area contributed by atoms with Crippen LogP contribution in [-0.2, 0) is 11.2 Å². The Labute approximate surface area is 165 Å². The molecule has 0 aromatic heterocycles. The van der Waals surface area contributed by atoms with E-state index >= 15 is 0 Å². The molecule has 0 unspecified atom stereocenters. The van der Waals surface area contributed by atoms with Gasteiger partial charge < -0.3 is 21.1 Å². The van der Waals surface area contributed by atoms with Crippen molar-refractivity contribution in [3.63, 3.8) is 0 Å². The highest BCUT2D eigenvalue weighted by atomic mass is 35.5. The third-order valence-corrected chi connectivity index (χ3v) is 3.51. The molecule has 0 aliphatic heterocycles. The zero-order valence-corrected chi connectivity index (χ0v) is 16.3. The first-order valence-corrected chi connectivity index (χ1v) is 8.62. The molecule has 2 amide bonds. The molecule has 0 heterocycles. The maximum atomic E-state index is 12.4. The molecule has 0 atom stereocenters. The fourth-order valence-corrected chi connectivity index (χ4v) is 2.45. The van der Waals surface area contributed by atoms with Crippen LogP contribution >= 0.6 is 12.4 Å². The molecule has 0 saturated heterocycles. The number of hydrogen-bond acceptors (Lipinski definition) is 4. The highest BCUT2D eigenvalue weighted by Gasteiger charge is 2.13. The number of nitrogens with one attached hydrogen (secondary N) is 2. The van der Waals surface area contributed by atoms with E-state index in [0.717, 1.165) is 11.3 Å². The smallest absolute Gasteiger partial charge is 0.253 e. The van der Waals surface area contributed by atoms with Crippen molar-refractivity contribution < 1.29 is 14.3 Å². The van der Waals surface area contributed by atoms with Gasteiger partial charge in [-0.1, -0.05) is 24.3 Å². The first-order chi connectivity index (χ1) is 12.5. The summed E-state index contributed by atoms with van der Waals surface area (Å²) in [7, 11) is 0. The third kappa shape index (κ3) is 7.29. The minimum Gasteiger partial charge on any atom is -0.491 e. The van der Waals surface area contributed by atoms with Crippen molar-refractivity contribution in [1.29, 1.82) is 0 Å². The van der Waals surface area contributed by atoms with E-state index in [9.17, 15) is 9.59 Å². The maximum absolute atomic E-state index is 12.4. The van der Waals surface area contributed by atoms with Gasteiger partial charge in [-0.15, -0.1) is 12.4 Å². The lowest BCUT2D eigenvalue weighted by Gasteiger charge is -2.12. The Hall–Kier alpha value is -2.57. The van der Waals surface area contributed by atoms with Crippen molar-refractivity contribution in [3.8, 4) is 5.75 Å². The van der Waals surface area contributed by atoms with Crippen molar-refractivity contribution in [2.75, 3.05) is 18.4 Å². The SMILES string of the molecule is CC(C)Oc1cccc(CC(=O)Nc2ccccc2C(=O)NCCN)c1.Cl. The van der Waals surface area contributed by atoms with Gasteiger partial charge in [-0.05, 0) is 43.7 Å². The van der Waals surface area contributed by atoms with Crippen molar-refractivity contribution >= 4 is 29.9 Å². The average molecular weight is 392 g/mol. The van der Waals surface area contributed by atoms with E-state index in [-0.39, 0.29) is 36.7 Å². The number of carbonyl (C=O) groups excluding carboxylic acids is 2. The van der Waals surface area contributed by atoms with Crippen LogP contribution < -0.4 is 21.1 Å². The van der Waals surface area contributed by atoms with E-state index in [1.165, 1.54) is 0 Å². The standard InChI is InChI=1S/C20H25N3O3.ClH/c1-14(2)26-16-7-5-6-15(12-16)13-19(24)23-18-9-4-3-8-17(18)20(25)22-11-10-21;/h3-9,12,14H,10-11,13,21H2,1-2H3,(H,22,25)(H,23,24);1H. The summed E-state index contributed by atoms with van der Waals surface area (Å²) in [4.78, 5) is 24.6. The van der Waals surface area contributed by atoms with Gasteiger partial charge in [-0.3, -0.25) is 9.59 Å². The molecule has 0 aliphatic carbocycles. The summed E-state index contributed by atoms with van der Waals surface area (Å²) in [5, 5.41) is 5.51. The van der Waals surface area contributed by atoms with Gasteiger partial charge in [0.05, 0.1) is 23.8 Å². The van der Waals surface area contributed by atoms with Crippen molar-refractivity contribution in [3.05, 3.63) is 59.7 Å². The molecule has 0 radical (unpaired) electrons. The Balaban J connectivity index is 0.00000364. The lowest BCUT2D eigenvalue weighted by atomic mass is 10.1. The average Bonchev–Trinajstić information content (AvgIpc) is 2.59. The molecule has 27 heavy (non-hydrogen) atoms. The Bertz CT molecular complexity index is 766. The molecular formula is C20H26ClN3O3. The number of para-hydroxylation sites is 1. The van der Waals surface area contributed by atoms with Crippen molar-refractivity contribution in [1.82, 2.24) is 5.32 Å². The molecule has 0 spiro atoms. The molecule has 0 aliphatic rings. The fraction of sp³-hybridized carbons (Fsp3) is 0.300. The van der Waals surface area contributed by atoms with Gasteiger partial charge in [0.25, 0.3) is 5.91 Å². The molecule has 7 heteroatoms. The number of nitrogens with two attached hydrogens (primary N) is 1. The van der Waals surface area contributed by atoms with E-state index in [0.29, 0.717) is 24.3 Å². The minimum absolute atomic E-state index is 0. The van der Waals surface area contributed by atoms with Gasteiger partial charge >= 0.3 is 0 Å². The van der Waals surface area contributed by atoms with E-state index in [1.54, 1.807) is 24.3 Å². The molecule has 4 N–H and O–H groups in total. The van der Waals surface area contributed by atoms with E-state index in [2.05, 4.69) is 10.6 Å². The number of hydrogen-bond donors (Lipinski definition) is 3. The lowest BCUT2D eigenvalue weighted by molar-refractivity contribution is -0.115. The Morgan fingerprint density at radius 3 is 2.56 bits per heavy atom. The van der Waals surface area contributed by atoms with Crippen LogP contribution in [0, 0.1) is 0 Å². The second-order valence-corrected chi connectivity index (χ2v) is 6.13. The quantitative estimate of drug-likeness (QED) is 0.645. The summed E-state index contributed by atoms with van der Waals surface area (Å²) >= 11 is 0. The van der Waals surface area contributed by atoms with Crippen LogP contribution in [0.3, 0.4) is 0 Å². The second kappa shape index (κ2) is 11.2. The number of benzene rings is 2. The fourth-order valence-electron chi connectivity index (χ4n) is 2.45. The molecule has 0 fully saturated rings. The zero-order valence-electron chi connectivity index (χ0n) is 15.5. The van der Waals surface area contributed by atoms with E-state index < -0.39 is 0 Å². The molecule has 0 saturated carbocycles.